The molecule has 2 fully saturated rings. The fraction of sp³-hybridized carbons (Fsp3) is 0.929. The molecule has 2 saturated heterocycles. The first kappa shape index (κ1) is 29.3. The molecular formula is C28H54N4O2. The smallest absolute Gasteiger partial charge is 0.226 e. The summed E-state index contributed by atoms with van der Waals surface area (Å²) in [6.07, 6.45) is 8.93. The van der Waals surface area contributed by atoms with Crippen LogP contribution in [0.15, 0.2) is 0 Å². The highest BCUT2D eigenvalue weighted by atomic mass is 16.2. The van der Waals surface area contributed by atoms with Crippen LogP contribution in [0.2, 0.25) is 0 Å². The van der Waals surface area contributed by atoms with Crippen molar-refractivity contribution in [3.8, 4) is 0 Å². The Hall–Kier alpha value is -0.980. The van der Waals surface area contributed by atoms with Crippen LogP contribution >= 0.6 is 0 Å². The van der Waals surface area contributed by atoms with Gasteiger partial charge in [0.25, 0.3) is 0 Å². The zero-order valence-corrected chi connectivity index (χ0v) is 23.9. The molecule has 2 amide bonds. The van der Waals surface area contributed by atoms with Crippen molar-refractivity contribution in [3.05, 3.63) is 0 Å². The van der Waals surface area contributed by atoms with Gasteiger partial charge < -0.3 is 10.6 Å². The molecule has 2 heterocycles. The van der Waals surface area contributed by atoms with Gasteiger partial charge in [0, 0.05) is 54.6 Å². The fourth-order valence-electron chi connectivity index (χ4n) is 7.12. The van der Waals surface area contributed by atoms with E-state index in [4.69, 9.17) is 0 Å². The number of nitrogens with zero attached hydrogens (tertiary/aromatic N) is 2. The summed E-state index contributed by atoms with van der Waals surface area (Å²) in [4.78, 5) is 27.5. The molecule has 0 saturated carbocycles. The van der Waals surface area contributed by atoms with E-state index in [1.165, 1.54) is 44.4 Å². The number of nitrogens with one attached hydrogen (secondary N) is 2. The van der Waals surface area contributed by atoms with E-state index in [-0.39, 0.29) is 34.0 Å². The predicted octanol–water partition coefficient (Wildman–Crippen LogP) is 4.86. The van der Waals surface area contributed by atoms with Gasteiger partial charge in [0.15, 0.2) is 0 Å². The molecule has 198 valence electrons. The molecule has 2 N–H and O–H groups in total. The highest BCUT2D eigenvalue weighted by molar-refractivity contribution is 5.92. The summed E-state index contributed by atoms with van der Waals surface area (Å²) in [5.41, 5.74) is 0.522. The van der Waals surface area contributed by atoms with Crippen LogP contribution < -0.4 is 10.6 Å². The van der Waals surface area contributed by atoms with Crippen molar-refractivity contribution in [2.75, 3.05) is 13.1 Å². The zero-order valence-electron chi connectivity index (χ0n) is 23.9. The molecule has 0 bridgehead atoms. The standard InChI is InChI=1S/C28H54N4O2/c1-21(33)31(22(2)34)15-13-11-12-14-16-32(23-17-25(3,4)29-26(5,6)18-23)24-19-27(7,8)30-28(9,10)20-24/h23-24,29-30H,11-20H2,1-10H3. The van der Waals surface area contributed by atoms with Crippen molar-refractivity contribution < 1.29 is 9.59 Å². The molecule has 6 nitrogen and oxygen atoms in total. The highest BCUT2D eigenvalue weighted by Gasteiger charge is 2.45. The summed E-state index contributed by atoms with van der Waals surface area (Å²) in [6, 6.07) is 1.15. The fourth-order valence-corrected chi connectivity index (χ4v) is 7.12. The van der Waals surface area contributed by atoms with E-state index in [1.54, 1.807) is 0 Å². The monoisotopic (exact) mass is 478 g/mol. The van der Waals surface area contributed by atoms with Crippen LogP contribution in [0, 0.1) is 0 Å². The average Bonchev–Trinajstić information content (AvgIpc) is 2.57. The summed E-state index contributed by atoms with van der Waals surface area (Å²) in [5.74, 6) is -0.295. The van der Waals surface area contributed by atoms with Crippen molar-refractivity contribution in [1.29, 1.82) is 0 Å². The zero-order chi connectivity index (χ0) is 25.9. The molecule has 2 aliphatic rings. The lowest BCUT2D eigenvalue weighted by molar-refractivity contribution is -0.142. The summed E-state index contributed by atoms with van der Waals surface area (Å²) in [6.45, 7) is 23.4. The molecule has 0 spiro atoms. The second-order valence-corrected chi connectivity index (χ2v) is 13.8. The largest absolute Gasteiger partial charge is 0.307 e. The van der Waals surface area contributed by atoms with Gasteiger partial charge in [-0.1, -0.05) is 12.8 Å². The number of carbonyl (C=O) groups excluding carboxylic acids is 2. The van der Waals surface area contributed by atoms with E-state index < -0.39 is 0 Å². The van der Waals surface area contributed by atoms with Gasteiger partial charge in [-0.15, -0.1) is 0 Å². The van der Waals surface area contributed by atoms with Crippen molar-refractivity contribution in [2.45, 2.75) is 155 Å². The number of rotatable bonds is 9. The van der Waals surface area contributed by atoms with Crippen molar-refractivity contribution in [1.82, 2.24) is 20.4 Å². The molecule has 0 aliphatic carbocycles. The molecule has 0 aromatic rings. The maximum absolute atomic E-state index is 11.6. The predicted molar refractivity (Wildman–Crippen MR) is 142 cm³/mol. The lowest BCUT2D eigenvalue weighted by atomic mass is 9.75. The van der Waals surface area contributed by atoms with Gasteiger partial charge in [-0.25, -0.2) is 0 Å². The Balaban J connectivity index is 2.06. The van der Waals surface area contributed by atoms with E-state index >= 15 is 0 Å². The molecule has 34 heavy (non-hydrogen) atoms. The Morgan fingerprint density at radius 3 is 1.26 bits per heavy atom. The van der Waals surface area contributed by atoms with Crippen LogP contribution in [0.3, 0.4) is 0 Å². The maximum atomic E-state index is 11.6. The van der Waals surface area contributed by atoms with Gasteiger partial charge in [0.2, 0.25) is 11.8 Å². The first-order chi connectivity index (χ1) is 15.4. The first-order valence-corrected chi connectivity index (χ1v) is 13.6. The number of imide groups is 1. The Morgan fingerprint density at radius 2 is 0.941 bits per heavy atom. The molecular weight excluding hydrogens is 424 g/mol. The van der Waals surface area contributed by atoms with Crippen molar-refractivity contribution in [2.24, 2.45) is 0 Å². The minimum atomic E-state index is -0.147. The summed E-state index contributed by atoms with van der Waals surface area (Å²) in [7, 11) is 0. The van der Waals surface area contributed by atoms with Crippen LogP contribution in [0.4, 0.5) is 0 Å². The number of unbranched alkanes of at least 4 members (excludes halogenated alkanes) is 3. The number of hydrogen-bond acceptors (Lipinski definition) is 5. The van der Waals surface area contributed by atoms with E-state index in [2.05, 4.69) is 70.9 Å². The number of carbonyl (C=O) groups is 2. The van der Waals surface area contributed by atoms with Crippen LogP contribution in [0.5, 0.6) is 0 Å². The average molecular weight is 479 g/mol. The lowest BCUT2D eigenvalue weighted by Gasteiger charge is -2.55. The third-order valence-corrected chi connectivity index (χ3v) is 7.58. The van der Waals surface area contributed by atoms with Crippen LogP contribution in [0.1, 0.15) is 121 Å². The van der Waals surface area contributed by atoms with E-state index in [1.807, 2.05) is 0 Å². The number of hydrogen-bond donors (Lipinski definition) is 2. The second-order valence-electron chi connectivity index (χ2n) is 13.8. The number of amides is 2. The number of piperidine rings is 2. The van der Waals surface area contributed by atoms with E-state index in [9.17, 15) is 9.59 Å². The summed E-state index contributed by atoms with van der Waals surface area (Å²) >= 11 is 0. The van der Waals surface area contributed by atoms with Gasteiger partial charge in [0.05, 0.1) is 0 Å². The Labute approximate surface area is 210 Å². The lowest BCUT2D eigenvalue weighted by Crippen LogP contribution is -2.67. The van der Waals surface area contributed by atoms with Gasteiger partial charge >= 0.3 is 0 Å². The topological polar surface area (TPSA) is 64.7 Å². The highest BCUT2D eigenvalue weighted by Crippen LogP contribution is 2.38. The molecule has 0 aromatic heterocycles. The van der Waals surface area contributed by atoms with Gasteiger partial charge in [0.1, 0.15) is 0 Å². The SMILES string of the molecule is CC(=O)N(CCCCCCN(C1CC(C)(C)NC(C)(C)C1)C1CC(C)(C)NC(C)(C)C1)C(C)=O. The summed E-state index contributed by atoms with van der Waals surface area (Å²) in [5, 5.41) is 7.73. The van der Waals surface area contributed by atoms with E-state index in [0.29, 0.717) is 18.6 Å². The van der Waals surface area contributed by atoms with Crippen LogP contribution in [-0.4, -0.2) is 68.9 Å². The van der Waals surface area contributed by atoms with Gasteiger partial charge in [-0.3, -0.25) is 19.4 Å². The quantitative estimate of drug-likeness (QED) is 0.463. The third-order valence-electron chi connectivity index (χ3n) is 7.58. The molecule has 0 atom stereocenters. The molecule has 0 radical (unpaired) electrons. The van der Waals surface area contributed by atoms with Crippen LogP contribution in [-0.2, 0) is 9.59 Å². The van der Waals surface area contributed by atoms with Gasteiger partial charge in [-0.05, 0) is 100 Å². The van der Waals surface area contributed by atoms with Crippen molar-refractivity contribution in [3.63, 3.8) is 0 Å². The second kappa shape index (κ2) is 11.0. The normalized spacial score (nSPS) is 24.2. The molecule has 2 rings (SSSR count). The van der Waals surface area contributed by atoms with E-state index in [0.717, 1.165) is 32.2 Å². The third kappa shape index (κ3) is 8.91. The molecule has 0 unspecified atom stereocenters. The maximum Gasteiger partial charge on any atom is 0.226 e. The minimum absolute atomic E-state index is 0.130. The van der Waals surface area contributed by atoms with Crippen LogP contribution in [0.25, 0.3) is 0 Å². The van der Waals surface area contributed by atoms with Gasteiger partial charge in [-0.2, -0.15) is 0 Å². The molecule has 6 heteroatoms. The minimum Gasteiger partial charge on any atom is -0.307 e. The molecule has 0 aromatic carbocycles. The Kier molecular flexibility index (Phi) is 9.43. The molecule has 2 aliphatic heterocycles. The Morgan fingerprint density at radius 1 is 0.618 bits per heavy atom. The Bertz CT molecular complexity index is 629. The van der Waals surface area contributed by atoms with Crippen molar-refractivity contribution >= 4 is 11.8 Å². The summed E-state index contributed by atoms with van der Waals surface area (Å²) < 4.78 is 0. The first-order valence-electron chi connectivity index (χ1n) is 13.6.